The summed E-state index contributed by atoms with van der Waals surface area (Å²) < 4.78 is 5.39. The second-order valence-electron chi connectivity index (χ2n) is 6.52. The molecule has 1 aliphatic rings. The topological polar surface area (TPSA) is 41.6 Å². The van der Waals surface area contributed by atoms with Crippen molar-refractivity contribution in [3.8, 4) is 0 Å². The van der Waals surface area contributed by atoms with Gasteiger partial charge in [0.2, 0.25) is 5.91 Å². The highest BCUT2D eigenvalue weighted by Gasteiger charge is 2.15. The predicted octanol–water partition coefficient (Wildman–Crippen LogP) is 4.09. The highest BCUT2D eigenvalue weighted by Crippen LogP contribution is 2.23. The lowest BCUT2D eigenvalue weighted by Crippen LogP contribution is -2.36. The second-order valence-corrected chi connectivity index (χ2v) is 7.84. The van der Waals surface area contributed by atoms with Gasteiger partial charge in [0.15, 0.2) is 0 Å². The molecule has 1 aliphatic heterocycles. The van der Waals surface area contributed by atoms with Crippen molar-refractivity contribution in [1.82, 2.24) is 0 Å². The largest absolute Gasteiger partial charge is 0.378 e. The first-order valence-corrected chi connectivity index (χ1v) is 10.1. The molecular weight excluding hydrogens is 344 g/mol. The number of anilines is 2. The highest BCUT2D eigenvalue weighted by atomic mass is 32.2. The van der Waals surface area contributed by atoms with Gasteiger partial charge < -0.3 is 15.0 Å². The van der Waals surface area contributed by atoms with Gasteiger partial charge in [-0.2, -0.15) is 0 Å². The Balaban J connectivity index is 1.51. The molecule has 3 rings (SSSR count). The fraction of sp³-hybridized carbons (Fsp3) is 0.381. The Kier molecular flexibility index (Phi) is 6.58. The van der Waals surface area contributed by atoms with E-state index in [2.05, 4.69) is 41.4 Å². The Bertz CT molecular complexity index is 727. The van der Waals surface area contributed by atoms with Crippen molar-refractivity contribution in [3.63, 3.8) is 0 Å². The SMILES string of the molecule is Cc1ccccc1CS[C@H](C)C(=O)Nc1ccc(N2CCOCC2)cc1. The lowest BCUT2D eigenvalue weighted by molar-refractivity contribution is -0.115. The lowest BCUT2D eigenvalue weighted by Gasteiger charge is -2.28. The molecule has 1 amide bonds. The standard InChI is InChI=1S/C21H26N2O2S/c1-16-5-3-4-6-18(16)15-26-17(2)21(24)22-19-7-9-20(10-8-19)23-11-13-25-14-12-23/h3-10,17H,11-15H2,1-2H3,(H,22,24)/t17-/m1/s1. The summed E-state index contributed by atoms with van der Waals surface area (Å²) in [5.41, 5.74) is 4.57. The molecule has 0 radical (unpaired) electrons. The minimum atomic E-state index is -0.103. The Morgan fingerprint density at radius 2 is 1.85 bits per heavy atom. The number of rotatable bonds is 6. The van der Waals surface area contributed by atoms with Crippen LogP contribution in [0.15, 0.2) is 48.5 Å². The first kappa shape index (κ1) is 18.8. The van der Waals surface area contributed by atoms with Crippen LogP contribution in [0.3, 0.4) is 0 Å². The molecule has 4 nitrogen and oxygen atoms in total. The number of hydrogen-bond acceptors (Lipinski definition) is 4. The predicted molar refractivity (Wildman–Crippen MR) is 110 cm³/mol. The molecule has 1 heterocycles. The summed E-state index contributed by atoms with van der Waals surface area (Å²) in [6, 6.07) is 16.4. The summed E-state index contributed by atoms with van der Waals surface area (Å²) >= 11 is 1.66. The maximum absolute atomic E-state index is 12.4. The van der Waals surface area contributed by atoms with Crippen LogP contribution in [0.1, 0.15) is 18.1 Å². The smallest absolute Gasteiger partial charge is 0.237 e. The molecule has 26 heavy (non-hydrogen) atoms. The molecule has 2 aromatic carbocycles. The van der Waals surface area contributed by atoms with E-state index in [-0.39, 0.29) is 11.2 Å². The molecule has 0 bridgehead atoms. The Morgan fingerprint density at radius 1 is 1.15 bits per heavy atom. The van der Waals surface area contributed by atoms with E-state index in [1.165, 1.54) is 16.8 Å². The molecular formula is C21H26N2O2S. The average Bonchev–Trinajstić information content (AvgIpc) is 2.68. The van der Waals surface area contributed by atoms with Crippen molar-refractivity contribution in [3.05, 3.63) is 59.7 Å². The van der Waals surface area contributed by atoms with Gasteiger partial charge in [0, 0.05) is 30.2 Å². The lowest BCUT2D eigenvalue weighted by atomic mass is 10.1. The number of carbonyl (C=O) groups excluding carboxylic acids is 1. The van der Waals surface area contributed by atoms with Crippen molar-refractivity contribution in [2.75, 3.05) is 36.5 Å². The fourth-order valence-electron chi connectivity index (χ4n) is 2.88. The molecule has 1 N–H and O–H groups in total. The van der Waals surface area contributed by atoms with E-state index in [4.69, 9.17) is 4.74 Å². The van der Waals surface area contributed by atoms with E-state index in [1.807, 2.05) is 31.2 Å². The van der Waals surface area contributed by atoms with Crippen LogP contribution in [0.4, 0.5) is 11.4 Å². The zero-order chi connectivity index (χ0) is 18.4. The normalized spacial score (nSPS) is 15.5. The Labute approximate surface area is 159 Å². The third kappa shape index (κ3) is 5.02. The highest BCUT2D eigenvalue weighted by molar-refractivity contribution is 7.99. The van der Waals surface area contributed by atoms with Crippen LogP contribution in [-0.4, -0.2) is 37.5 Å². The van der Waals surface area contributed by atoms with E-state index < -0.39 is 0 Å². The summed E-state index contributed by atoms with van der Waals surface area (Å²) in [6.07, 6.45) is 0. The number of carbonyl (C=O) groups is 1. The van der Waals surface area contributed by atoms with Crippen LogP contribution < -0.4 is 10.2 Å². The number of hydrogen-bond donors (Lipinski definition) is 1. The van der Waals surface area contributed by atoms with Gasteiger partial charge in [-0.3, -0.25) is 4.79 Å². The van der Waals surface area contributed by atoms with Crippen LogP contribution >= 0.6 is 11.8 Å². The molecule has 0 aliphatic carbocycles. The van der Waals surface area contributed by atoms with Crippen molar-refractivity contribution in [1.29, 1.82) is 0 Å². The average molecular weight is 371 g/mol. The second kappa shape index (κ2) is 9.10. The van der Waals surface area contributed by atoms with E-state index in [0.717, 1.165) is 37.7 Å². The van der Waals surface area contributed by atoms with Crippen molar-refractivity contribution < 1.29 is 9.53 Å². The van der Waals surface area contributed by atoms with Crippen molar-refractivity contribution >= 4 is 29.0 Å². The zero-order valence-electron chi connectivity index (χ0n) is 15.4. The minimum absolute atomic E-state index is 0.0442. The van der Waals surface area contributed by atoms with Gasteiger partial charge in [-0.1, -0.05) is 24.3 Å². The first-order chi connectivity index (χ1) is 12.6. The van der Waals surface area contributed by atoms with Crippen molar-refractivity contribution in [2.24, 2.45) is 0 Å². The number of morpholine rings is 1. The summed E-state index contributed by atoms with van der Waals surface area (Å²) in [7, 11) is 0. The molecule has 0 spiro atoms. The fourth-order valence-corrected chi connectivity index (χ4v) is 3.85. The number of amides is 1. The van der Waals surface area contributed by atoms with Gasteiger partial charge in [0.05, 0.1) is 18.5 Å². The number of benzene rings is 2. The van der Waals surface area contributed by atoms with Gasteiger partial charge in [-0.05, 0) is 49.2 Å². The summed E-state index contributed by atoms with van der Waals surface area (Å²) in [5, 5.41) is 2.92. The summed E-state index contributed by atoms with van der Waals surface area (Å²) in [4.78, 5) is 14.7. The quantitative estimate of drug-likeness (QED) is 0.831. The number of nitrogens with one attached hydrogen (secondary N) is 1. The maximum Gasteiger partial charge on any atom is 0.237 e. The molecule has 0 unspecified atom stereocenters. The van der Waals surface area contributed by atoms with Gasteiger partial charge in [-0.15, -0.1) is 11.8 Å². The van der Waals surface area contributed by atoms with Crippen LogP contribution in [0.25, 0.3) is 0 Å². The van der Waals surface area contributed by atoms with E-state index in [1.54, 1.807) is 11.8 Å². The third-order valence-corrected chi connectivity index (χ3v) is 5.82. The number of ether oxygens (including phenoxy) is 1. The molecule has 5 heteroatoms. The molecule has 138 valence electrons. The van der Waals surface area contributed by atoms with Crippen LogP contribution in [0.5, 0.6) is 0 Å². The van der Waals surface area contributed by atoms with E-state index >= 15 is 0 Å². The molecule has 0 aromatic heterocycles. The number of aryl methyl sites for hydroxylation is 1. The van der Waals surface area contributed by atoms with E-state index in [9.17, 15) is 4.79 Å². The molecule has 1 atom stereocenters. The Hall–Kier alpha value is -1.98. The third-order valence-electron chi connectivity index (χ3n) is 4.63. The molecule has 1 fully saturated rings. The molecule has 2 aromatic rings. The van der Waals surface area contributed by atoms with Gasteiger partial charge >= 0.3 is 0 Å². The van der Waals surface area contributed by atoms with Crippen molar-refractivity contribution in [2.45, 2.75) is 24.9 Å². The number of thioether (sulfide) groups is 1. The first-order valence-electron chi connectivity index (χ1n) is 9.03. The minimum Gasteiger partial charge on any atom is -0.378 e. The Morgan fingerprint density at radius 3 is 2.54 bits per heavy atom. The summed E-state index contributed by atoms with van der Waals surface area (Å²) in [6.45, 7) is 7.44. The number of nitrogens with zero attached hydrogens (tertiary/aromatic N) is 1. The molecule has 0 saturated carbocycles. The van der Waals surface area contributed by atoms with Gasteiger partial charge in [0.25, 0.3) is 0 Å². The molecule has 1 saturated heterocycles. The maximum atomic E-state index is 12.4. The monoisotopic (exact) mass is 370 g/mol. The van der Waals surface area contributed by atoms with Gasteiger partial charge in [-0.25, -0.2) is 0 Å². The van der Waals surface area contributed by atoms with Gasteiger partial charge in [0.1, 0.15) is 0 Å². The van der Waals surface area contributed by atoms with Crippen LogP contribution in [0, 0.1) is 6.92 Å². The summed E-state index contributed by atoms with van der Waals surface area (Å²) in [5.74, 6) is 0.889. The zero-order valence-corrected chi connectivity index (χ0v) is 16.2. The van der Waals surface area contributed by atoms with Crippen LogP contribution in [0.2, 0.25) is 0 Å². The van der Waals surface area contributed by atoms with Crippen LogP contribution in [-0.2, 0) is 15.3 Å². The van der Waals surface area contributed by atoms with E-state index in [0.29, 0.717) is 0 Å².